The van der Waals surface area contributed by atoms with Crippen LogP contribution in [0.25, 0.3) is 10.8 Å². The lowest BCUT2D eigenvalue weighted by molar-refractivity contribution is -0.432. The molecule has 0 aromatic heterocycles. The molecule has 73 heavy (non-hydrogen) atoms. The summed E-state index contributed by atoms with van der Waals surface area (Å²) in [7, 11) is -5.27. The third-order valence-electron chi connectivity index (χ3n) is 9.02. The number of anilines is 2. The van der Waals surface area contributed by atoms with Crippen molar-refractivity contribution in [1.82, 2.24) is 0 Å². The molecule has 35 heteroatoms. The lowest BCUT2D eigenvalue weighted by Gasteiger charge is -2.14. The molecule has 31 nitrogen and oxygen atoms in total. The van der Waals surface area contributed by atoms with Gasteiger partial charge in [0.25, 0.3) is 16.0 Å². The third-order valence-corrected chi connectivity index (χ3v) is 11.7. The van der Waals surface area contributed by atoms with E-state index in [0.29, 0.717) is 29.0 Å². The van der Waals surface area contributed by atoms with Crippen LogP contribution < -0.4 is 19.8 Å². The Morgan fingerprint density at radius 1 is 0.740 bits per heavy atom. The quantitative estimate of drug-likeness (QED) is 0.00903. The topological polar surface area (TPSA) is 443 Å². The van der Waals surface area contributed by atoms with E-state index < -0.39 is 92.6 Å². The monoisotopic (exact) mass is 1100 g/mol. The lowest BCUT2D eigenvalue weighted by atomic mass is 10.1. The molecule has 5 aromatic rings. The summed E-state index contributed by atoms with van der Waals surface area (Å²) in [5, 5.41) is 120. The number of aromatic hydroxyl groups is 2. The van der Waals surface area contributed by atoms with Crippen molar-refractivity contribution in [3.8, 4) is 23.0 Å². The number of aliphatic hydroxyl groups excluding tert-OH is 2. The number of hydrazone groups is 1. The van der Waals surface area contributed by atoms with Crippen LogP contribution in [0, 0.1) is 0 Å². The first kappa shape index (κ1) is 55.3. The largest absolute Gasteiger partial charge is 0.505 e. The highest BCUT2D eigenvalue weighted by Crippen LogP contribution is 2.52. The highest BCUT2D eigenvalue weighted by Gasteiger charge is 2.41. The van der Waals surface area contributed by atoms with Crippen LogP contribution >= 0.6 is 36.1 Å². The molecule has 0 saturated carbocycles. The summed E-state index contributed by atoms with van der Waals surface area (Å²) < 4.78 is 60.3. The highest BCUT2D eigenvalue weighted by atomic mass is 32.2. The standard InChI is InChI=1S/C38H33N9O22S4/c1-17(50)39-19-2-7-22(27(14-19)71-68-65-57)40-44-32-29(73(59,60)61)13-18-12-28(72-69-66-58)31(35(51)30(18)36(32)52)43-41-23-15-26(63-11-9-49)24(16-25(23)62-10-8-48)42-45-33-34(38(54)55)46-47(37(33)53)20-3-5-21(6-4-20)70-67-64-56/h2-7,12-16,33,48-49,51-52,56-58H,8-11H2,1H3,(H,39,50)(H,54,55)(H,59,60,61). The molecule has 5 aromatic carbocycles. The van der Waals surface area contributed by atoms with E-state index in [9.17, 15) is 52.9 Å². The van der Waals surface area contributed by atoms with Gasteiger partial charge in [-0.25, -0.2) is 20.6 Å². The number of nitrogens with one attached hydrogen (secondary N) is 1. The number of aliphatic carboxylic acids is 1. The number of benzene rings is 5. The maximum Gasteiger partial charge on any atom is 0.355 e. The van der Waals surface area contributed by atoms with E-state index in [1.165, 1.54) is 49.4 Å². The van der Waals surface area contributed by atoms with Crippen molar-refractivity contribution >= 4 is 120 Å². The number of hydrogen-bond donors (Lipinski definition) is 10. The average Bonchev–Trinajstić information content (AvgIpc) is 3.69. The Labute approximate surface area is 419 Å². The zero-order chi connectivity index (χ0) is 52.8. The molecule has 10 N–H and O–H groups in total. The number of carbonyl (C=O) groups excluding carboxylic acids is 2. The van der Waals surface area contributed by atoms with Gasteiger partial charge in [-0.1, -0.05) is 15.1 Å². The number of phenols is 2. The number of nitrogens with zero attached hydrogens (tertiary/aromatic N) is 8. The van der Waals surface area contributed by atoms with Gasteiger partial charge in [0.05, 0.1) is 70.2 Å². The van der Waals surface area contributed by atoms with E-state index in [-0.39, 0.29) is 73.8 Å². The molecule has 386 valence electrons. The first-order valence-corrected chi connectivity index (χ1v) is 23.2. The molecule has 6 rings (SSSR count). The Morgan fingerprint density at radius 2 is 1.32 bits per heavy atom. The number of carboxylic acids is 1. The summed E-state index contributed by atoms with van der Waals surface area (Å²) in [6.07, 6.45) is 0. The SMILES string of the molecule is CC(=O)Nc1ccc(N=Nc2c(S(=O)(=O)O)cc3cc(SOOO)c(N=Nc4cc(OCCO)c(N=NC5C(=O)N(c6ccc(SOOO)cc6)N=C5C(=O)O)cc4OCCO)c(O)c3c2O)c(SOOO)c1. The van der Waals surface area contributed by atoms with Crippen molar-refractivity contribution in [1.29, 1.82) is 0 Å². The van der Waals surface area contributed by atoms with Crippen LogP contribution in [0.3, 0.4) is 0 Å². The second-order valence-electron chi connectivity index (χ2n) is 13.6. The fourth-order valence-electron chi connectivity index (χ4n) is 6.12. The number of ether oxygens (including phenoxy) is 2. The number of azo groups is 3. The van der Waals surface area contributed by atoms with Gasteiger partial charge in [-0.05, 0) is 60.0 Å². The predicted molar refractivity (Wildman–Crippen MR) is 247 cm³/mol. The molecule has 0 bridgehead atoms. The van der Waals surface area contributed by atoms with E-state index in [2.05, 4.69) is 69.2 Å². The molecular formula is C38H33N9O22S4. The molecule has 0 aliphatic carbocycles. The van der Waals surface area contributed by atoms with Crippen molar-refractivity contribution < 1.29 is 106 Å². The van der Waals surface area contributed by atoms with Gasteiger partial charge in [0.1, 0.15) is 58.0 Å². The summed E-state index contributed by atoms with van der Waals surface area (Å²) in [6, 6.07) is 11.7. The average molecular weight is 1100 g/mol. The summed E-state index contributed by atoms with van der Waals surface area (Å²) in [5.41, 5.74) is -2.64. The van der Waals surface area contributed by atoms with E-state index in [1.54, 1.807) is 0 Å². The van der Waals surface area contributed by atoms with Crippen LogP contribution in [0.5, 0.6) is 23.0 Å². The van der Waals surface area contributed by atoms with Gasteiger partial charge >= 0.3 is 5.97 Å². The van der Waals surface area contributed by atoms with E-state index in [4.69, 9.17) is 25.2 Å². The number of amides is 2. The summed E-state index contributed by atoms with van der Waals surface area (Å²) in [5.74, 6) is -5.63. The molecule has 1 unspecified atom stereocenters. The Hall–Kier alpha value is -7.04. The first-order chi connectivity index (χ1) is 35.0. The Balaban J connectivity index is 1.44. The highest BCUT2D eigenvalue weighted by molar-refractivity contribution is 7.95. The van der Waals surface area contributed by atoms with Gasteiger partial charge < -0.3 is 40.3 Å². The number of carboxylic acid groups (broad SMARTS) is 1. The molecule has 1 aliphatic heterocycles. The van der Waals surface area contributed by atoms with E-state index >= 15 is 0 Å². The second kappa shape index (κ2) is 25.6. The van der Waals surface area contributed by atoms with Crippen molar-refractivity contribution in [3.05, 3.63) is 66.7 Å². The Morgan fingerprint density at radius 3 is 1.90 bits per heavy atom. The van der Waals surface area contributed by atoms with E-state index in [0.717, 1.165) is 29.3 Å². The number of hydrogen-bond acceptors (Lipinski definition) is 30. The van der Waals surface area contributed by atoms with Crippen molar-refractivity contribution in [3.63, 3.8) is 0 Å². The summed E-state index contributed by atoms with van der Waals surface area (Å²) in [6.45, 7) is -0.682. The van der Waals surface area contributed by atoms with Crippen LogP contribution in [0.4, 0.5) is 39.8 Å². The summed E-state index contributed by atoms with van der Waals surface area (Å²) >= 11 is 1.16. The number of carbonyl (C=O) groups is 3. The minimum absolute atomic E-state index is 0.000931. The third kappa shape index (κ3) is 13.7. The van der Waals surface area contributed by atoms with Crippen LogP contribution in [0.2, 0.25) is 0 Å². The van der Waals surface area contributed by atoms with Crippen molar-refractivity contribution in [2.75, 3.05) is 36.8 Å². The van der Waals surface area contributed by atoms with Gasteiger partial charge in [-0.3, -0.25) is 14.1 Å². The molecule has 1 heterocycles. The number of phenolic OH excluding ortho intramolecular Hbond substituents is 2. The molecule has 0 spiro atoms. The van der Waals surface area contributed by atoms with Gasteiger partial charge in [0.15, 0.2) is 17.2 Å². The second-order valence-corrected chi connectivity index (χ2v) is 17.3. The van der Waals surface area contributed by atoms with Gasteiger partial charge in [0.2, 0.25) is 11.9 Å². The van der Waals surface area contributed by atoms with Crippen LogP contribution in [-0.4, -0.2) is 110 Å². The van der Waals surface area contributed by atoms with E-state index in [1.807, 2.05) is 0 Å². The molecule has 1 atom stereocenters. The van der Waals surface area contributed by atoms with Gasteiger partial charge in [0, 0.05) is 29.6 Å². The first-order valence-electron chi connectivity index (χ1n) is 19.6. The molecule has 0 fully saturated rings. The van der Waals surface area contributed by atoms with Crippen molar-refractivity contribution in [2.24, 2.45) is 35.8 Å². The summed E-state index contributed by atoms with van der Waals surface area (Å²) in [4.78, 5) is 36.5. The fourth-order valence-corrected chi connectivity index (χ4v) is 8.10. The zero-order valence-corrected chi connectivity index (χ0v) is 39.6. The minimum atomic E-state index is -5.27. The lowest BCUT2D eigenvalue weighted by Crippen LogP contribution is -2.33. The fraction of sp³-hybridized carbons (Fsp3) is 0.158. The minimum Gasteiger partial charge on any atom is -0.505 e. The Kier molecular flexibility index (Phi) is 19.4. The van der Waals surface area contributed by atoms with Gasteiger partial charge in [-0.2, -0.15) is 28.8 Å². The molecule has 0 radical (unpaired) electrons. The normalized spacial score (nSPS) is 14.0. The number of fused-ring (bicyclic) bond motifs is 1. The molecule has 2 amide bonds. The van der Waals surface area contributed by atoms with Crippen LogP contribution in [0.15, 0.2) is 122 Å². The van der Waals surface area contributed by atoms with Crippen molar-refractivity contribution in [2.45, 2.75) is 32.5 Å². The number of rotatable bonds is 25. The number of aliphatic hydroxyl groups is 2. The predicted octanol–water partition coefficient (Wildman–Crippen LogP) is 7.25. The van der Waals surface area contributed by atoms with Gasteiger partial charge in [-0.15, -0.1) is 33.5 Å². The maximum atomic E-state index is 13.5. The molecular weight excluding hydrogens is 1060 g/mol. The smallest absolute Gasteiger partial charge is 0.355 e. The van der Waals surface area contributed by atoms with Crippen LogP contribution in [0.1, 0.15) is 6.92 Å². The Bertz CT molecular complexity index is 3110. The molecule has 0 saturated heterocycles. The maximum absolute atomic E-state index is 13.5. The zero-order valence-electron chi connectivity index (χ0n) is 36.3. The van der Waals surface area contributed by atoms with Crippen LogP contribution in [-0.2, 0) is 52.6 Å². The molecule has 1 aliphatic rings.